The van der Waals surface area contributed by atoms with Crippen molar-refractivity contribution in [2.24, 2.45) is 5.92 Å². The van der Waals surface area contributed by atoms with Crippen molar-refractivity contribution in [2.75, 3.05) is 14.1 Å². The van der Waals surface area contributed by atoms with Crippen LogP contribution < -0.4 is 0 Å². The number of H-pyrrole nitrogens is 1. The van der Waals surface area contributed by atoms with Crippen molar-refractivity contribution in [3.8, 4) is 0 Å². The average Bonchev–Trinajstić information content (AvgIpc) is 3.12. The van der Waals surface area contributed by atoms with Crippen LogP contribution in [0.2, 0.25) is 0 Å². The van der Waals surface area contributed by atoms with Gasteiger partial charge in [-0.3, -0.25) is 4.90 Å². The molecule has 148 valence electrons. The highest BCUT2D eigenvalue weighted by Crippen LogP contribution is 2.43. The van der Waals surface area contributed by atoms with Crippen molar-refractivity contribution in [1.82, 2.24) is 9.88 Å². The number of hydrogen-bond acceptors (Lipinski definition) is 1. The topological polar surface area (TPSA) is 19.0 Å². The molecule has 0 radical (unpaired) electrons. The SMILES string of the molecule is CN(C)C1(c2ccccc2)CCC(/C=C/Cc2c[nH]c3ccccc23)CC1.Cl. The van der Waals surface area contributed by atoms with Gasteiger partial charge in [0.15, 0.2) is 0 Å². The number of hydrogen-bond donors (Lipinski definition) is 1. The fraction of sp³-hybridized carbons (Fsp3) is 0.360. The van der Waals surface area contributed by atoms with Crippen molar-refractivity contribution in [3.05, 3.63) is 84.1 Å². The summed E-state index contributed by atoms with van der Waals surface area (Å²) in [6.45, 7) is 0. The van der Waals surface area contributed by atoms with Gasteiger partial charge in [0, 0.05) is 22.6 Å². The van der Waals surface area contributed by atoms with Crippen LogP contribution in [0.15, 0.2) is 72.9 Å². The molecule has 2 nitrogen and oxygen atoms in total. The first-order valence-corrected chi connectivity index (χ1v) is 10.1. The summed E-state index contributed by atoms with van der Waals surface area (Å²) in [4.78, 5) is 5.82. The second-order valence-electron chi connectivity index (χ2n) is 8.12. The lowest BCUT2D eigenvalue weighted by molar-refractivity contribution is 0.0861. The Morgan fingerprint density at radius 1 is 1.00 bits per heavy atom. The predicted molar refractivity (Wildman–Crippen MR) is 122 cm³/mol. The Morgan fingerprint density at radius 2 is 1.68 bits per heavy atom. The number of para-hydroxylation sites is 1. The van der Waals surface area contributed by atoms with Crippen molar-refractivity contribution < 1.29 is 0 Å². The molecule has 0 aliphatic heterocycles. The molecule has 3 heteroatoms. The van der Waals surface area contributed by atoms with E-state index in [0.29, 0.717) is 5.92 Å². The number of fused-ring (bicyclic) bond motifs is 1. The van der Waals surface area contributed by atoms with Crippen LogP contribution in [0.1, 0.15) is 36.8 Å². The van der Waals surface area contributed by atoms with Gasteiger partial charge in [-0.05, 0) is 69.3 Å². The Hall–Kier alpha value is -2.03. The molecule has 28 heavy (non-hydrogen) atoms. The van der Waals surface area contributed by atoms with E-state index in [2.05, 4.69) is 96.9 Å². The van der Waals surface area contributed by atoms with Crippen LogP contribution in [-0.2, 0) is 12.0 Å². The number of aromatic amines is 1. The summed E-state index contributed by atoms with van der Waals surface area (Å²) < 4.78 is 0. The second-order valence-corrected chi connectivity index (χ2v) is 8.12. The van der Waals surface area contributed by atoms with Crippen LogP contribution in [0.25, 0.3) is 10.9 Å². The van der Waals surface area contributed by atoms with E-state index in [1.165, 1.54) is 47.7 Å². The first-order chi connectivity index (χ1) is 13.2. The Labute approximate surface area is 175 Å². The van der Waals surface area contributed by atoms with Crippen LogP contribution in [0.3, 0.4) is 0 Å². The first-order valence-electron chi connectivity index (χ1n) is 10.1. The van der Waals surface area contributed by atoms with Crippen LogP contribution in [0.5, 0.6) is 0 Å². The summed E-state index contributed by atoms with van der Waals surface area (Å²) in [6, 6.07) is 19.6. The van der Waals surface area contributed by atoms with E-state index in [-0.39, 0.29) is 17.9 Å². The first kappa shape index (κ1) is 20.7. The predicted octanol–water partition coefficient (Wildman–Crippen LogP) is 6.34. The summed E-state index contributed by atoms with van der Waals surface area (Å²) in [5.41, 5.74) is 4.29. The maximum Gasteiger partial charge on any atom is 0.0456 e. The van der Waals surface area contributed by atoms with Gasteiger partial charge in [-0.15, -0.1) is 12.4 Å². The Morgan fingerprint density at radius 3 is 2.39 bits per heavy atom. The van der Waals surface area contributed by atoms with E-state index < -0.39 is 0 Å². The molecule has 1 saturated carbocycles. The highest BCUT2D eigenvalue weighted by Gasteiger charge is 2.37. The number of benzene rings is 2. The zero-order chi connectivity index (χ0) is 18.7. The van der Waals surface area contributed by atoms with E-state index >= 15 is 0 Å². The molecule has 0 unspecified atom stereocenters. The van der Waals surface area contributed by atoms with E-state index in [4.69, 9.17) is 0 Å². The largest absolute Gasteiger partial charge is 0.361 e. The quantitative estimate of drug-likeness (QED) is 0.500. The fourth-order valence-electron chi connectivity index (χ4n) is 4.74. The summed E-state index contributed by atoms with van der Waals surface area (Å²) >= 11 is 0. The maximum atomic E-state index is 3.38. The minimum Gasteiger partial charge on any atom is -0.361 e. The molecule has 2 aromatic carbocycles. The number of nitrogens with one attached hydrogen (secondary N) is 1. The van der Waals surface area contributed by atoms with Crippen molar-refractivity contribution >= 4 is 23.3 Å². The standard InChI is InChI=1S/C25H30N2.ClH/c1-27(2)25(22-11-4-3-5-12-22)17-15-20(16-18-25)9-8-10-21-19-26-24-14-7-6-13-23(21)24;/h3-9,11-14,19-20,26H,10,15-18H2,1-2H3;1H/b9-8+;. The molecule has 0 bridgehead atoms. The Balaban J connectivity index is 0.00000225. The number of aromatic nitrogens is 1. The summed E-state index contributed by atoms with van der Waals surface area (Å²) in [5.74, 6) is 0.701. The van der Waals surface area contributed by atoms with Crippen molar-refractivity contribution in [3.63, 3.8) is 0 Å². The molecule has 3 aromatic rings. The minimum absolute atomic E-state index is 0. The van der Waals surface area contributed by atoms with Crippen molar-refractivity contribution in [2.45, 2.75) is 37.6 Å². The van der Waals surface area contributed by atoms with E-state index in [1.807, 2.05) is 0 Å². The van der Waals surface area contributed by atoms with Gasteiger partial charge in [0.25, 0.3) is 0 Å². The van der Waals surface area contributed by atoms with Crippen LogP contribution in [0.4, 0.5) is 0 Å². The second kappa shape index (κ2) is 8.98. The molecule has 1 N–H and O–H groups in total. The number of nitrogens with zero attached hydrogens (tertiary/aromatic N) is 1. The normalized spacial score (nSPS) is 22.6. The third-order valence-electron chi connectivity index (χ3n) is 6.45. The lowest BCUT2D eigenvalue weighted by Gasteiger charge is -2.45. The zero-order valence-corrected chi connectivity index (χ0v) is 17.7. The molecule has 0 amide bonds. The van der Waals surface area contributed by atoms with Gasteiger partial charge in [-0.2, -0.15) is 0 Å². The molecule has 1 aliphatic rings. The third-order valence-corrected chi connectivity index (χ3v) is 6.45. The molecule has 1 fully saturated rings. The molecular weight excluding hydrogens is 364 g/mol. The number of allylic oxidation sites excluding steroid dienone is 2. The lowest BCUT2D eigenvalue weighted by Crippen LogP contribution is -2.44. The van der Waals surface area contributed by atoms with Gasteiger partial charge in [-0.25, -0.2) is 0 Å². The monoisotopic (exact) mass is 394 g/mol. The summed E-state index contributed by atoms with van der Waals surface area (Å²) in [5, 5.41) is 1.35. The van der Waals surface area contributed by atoms with Crippen LogP contribution >= 0.6 is 12.4 Å². The molecular formula is C25H31ClN2. The van der Waals surface area contributed by atoms with Gasteiger partial charge in [-0.1, -0.05) is 60.7 Å². The molecule has 0 saturated heterocycles. The highest BCUT2D eigenvalue weighted by molar-refractivity contribution is 5.85. The van der Waals surface area contributed by atoms with Gasteiger partial charge < -0.3 is 4.98 Å². The Kier molecular flexibility index (Phi) is 6.64. The van der Waals surface area contributed by atoms with Gasteiger partial charge in [0.2, 0.25) is 0 Å². The van der Waals surface area contributed by atoms with Crippen molar-refractivity contribution in [1.29, 1.82) is 0 Å². The van der Waals surface area contributed by atoms with Gasteiger partial charge in [0.05, 0.1) is 0 Å². The maximum absolute atomic E-state index is 3.38. The fourth-order valence-corrected chi connectivity index (χ4v) is 4.74. The zero-order valence-electron chi connectivity index (χ0n) is 16.9. The average molecular weight is 395 g/mol. The van der Waals surface area contributed by atoms with E-state index in [1.54, 1.807) is 0 Å². The highest BCUT2D eigenvalue weighted by atomic mass is 35.5. The van der Waals surface area contributed by atoms with E-state index in [0.717, 1.165) is 6.42 Å². The molecule has 0 spiro atoms. The van der Waals surface area contributed by atoms with Gasteiger partial charge >= 0.3 is 0 Å². The molecule has 1 heterocycles. The van der Waals surface area contributed by atoms with E-state index in [9.17, 15) is 0 Å². The minimum atomic E-state index is 0. The van der Waals surface area contributed by atoms with Gasteiger partial charge in [0.1, 0.15) is 0 Å². The molecule has 4 rings (SSSR count). The smallest absolute Gasteiger partial charge is 0.0456 e. The molecule has 1 aromatic heterocycles. The lowest BCUT2D eigenvalue weighted by atomic mass is 9.72. The Bertz CT molecular complexity index is 902. The number of rotatable bonds is 5. The summed E-state index contributed by atoms with van der Waals surface area (Å²) in [6.07, 6.45) is 13.0. The number of halogens is 1. The molecule has 1 aliphatic carbocycles. The summed E-state index contributed by atoms with van der Waals surface area (Å²) in [7, 11) is 4.47. The molecule has 0 atom stereocenters. The van der Waals surface area contributed by atoms with Crippen LogP contribution in [0, 0.1) is 5.92 Å². The third kappa shape index (κ3) is 4.04. The van der Waals surface area contributed by atoms with Crippen LogP contribution in [-0.4, -0.2) is 24.0 Å².